The van der Waals surface area contributed by atoms with Crippen molar-refractivity contribution in [2.24, 2.45) is 0 Å². The van der Waals surface area contributed by atoms with Gasteiger partial charge in [0.1, 0.15) is 0 Å². The number of halogens is 1. The summed E-state index contributed by atoms with van der Waals surface area (Å²) in [5.41, 5.74) is 0.265. The number of aliphatic hydroxyl groups is 1. The van der Waals surface area contributed by atoms with E-state index in [1.807, 2.05) is 25.1 Å². The highest BCUT2D eigenvalue weighted by Crippen LogP contribution is 2.14. The second-order valence-corrected chi connectivity index (χ2v) is 4.88. The number of rotatable bonds is 5. The second-order valence-electron chi connectivity index (χ2n) is 4.47. The largest absolute Gasteiger partial charge is 0.394 e. The molecule has 0 aliphatic heterocycles. The molecule has 1 rings (SSSR count). The van der Waals surface area contributed by atoms with Gasteiger partial charge in [-0.1, -0.05) is 36.7 Å². The lowest BCUT2D eigenvalue weighted by Gasteiger charge is -2.27. The number of aliphatic hydroxyl groups excluding tert-OH is 1. The molecule has 1 aromatic rings. The van der Waals surface area contributed by atoms with Gasteiger partial charge in [-0.3, -0.25) is 0 Å². The van der Waals surface area contributed by atoms with E-state index >= 15 is 0 Å². The van der Waals surface area contributed by atoms with E-state index in [0.29, 0.717) is 18.0 Å². The summed E-state index contributed by atoms with van der Waals surface area (Å²) >= 11 is 5.98. The van der Waals surface area contributed by atoms with Gasteiger partial charge in [-0.25, -0.2) is 4.79 Å². The predicted molar refractivity (Wildman–Crippen MR) is 72.6 cm³/mol. The van der Waals surface area contributed by atoms with E-state index in [0.717, 1.165) is 5.56 Å². The summed E-state index contributed by atoms with van der Waals surface area (Å²) in [4.78, 5) is 11.7. The lowest BCUT2D eigenvalue weighted by molar-refractivity contribution is 0.167. The minimum Gasteiger partial charge on any atom is -0.394 e. The van der Waals surface area contributed by atoms with Gasteiger partial charge < -0.3 is 15.7 Å². The Hall–Kier alpha value is -1.26. The summed E-state index contributed by atoms with van der Waals surface area (Å²) in [5, 5.41) is 15.3. The molecule has 0 saturated heterocycles. The molecule has 0 spiro atoms. The zero-order chi connectivity index (χ0) is 13.6. The molecule has 18 heavy (non-hydrogen) atoms. The van der Waals surface area contributed by atoms with Gasteiger partial charge >= 0.3 is 6.03 Å². The Morgan fingerprint density at radius 3 is 2.67 bits per heavy atom. The normalized spacial score (nSPS) is 13.8. The van der Waals surface area contributed by atoms with Gasteiger partial charge in [0, 0.05) is 11.6 Å². The quantitative estimate of drug-likeness (QED) is 0.769. The van der Waals surface area contributed by atoms with Crippen molar-refractivity contribution in [2.75, 3.05) is 6.61 Å². The highest BCUT2D eigenvalue weighted by atomic mass is 35.5. The fourth-order valence-electron chi connectivity index (χ4n) is 1.38. The van der Waals surface area contributed by atoms with Crippen molar-refractivity contribution in [1.82, 2.24) is 10.6 Å². The van der Waals surface area contributed by atoms with Crippen LogP contribution in [0.25, 0.3) is 0 Å². The number of amides is 2. The molecule has 0 heterocycles. The van der Waals surface area contributed by atoms with E-state index in [2.05, 4.69) is 10.6 Å². The Balaban J connectivity index is 2.50. The molecule has 1 atom stereocenters. The van der Waals surface area contributed by atoms with Crippen molar-refractivity contribution in [2.45, 2.75) is 32.4 Å². The van der Waals surface area contributed by atoms with Gasteiger partial charge in [0.15, 0.2) is 0 Å². The molecule has 0 saturated carbocycles. The Kier molecular flexibility index (Phi) is 5.44. The van der Waals surface area contributed by atoms with E-state index in [4.69, 9.17) is 11.6 Å². The van der Waals surface area contributed by atoms with Gasteiger partial charge in [-0.15, -0.1) is 0 Å². The molecule has 0 aliphatic carbocycles. The molecule has 0 fully saturated rings. The maximum atomic E-state index is 11.7. The first-order valence-corrected chi connectivity index (χ1v) is 6.29. The van der Waals surface area contributed by atoms with Crippen LogP contribution in [0.2, 0.25) is 5.02 Å². The molecule has 0 aliphatic rings. The van der Waals surface area contributed by atoms with Crippen LogP contribution in [0.3, 0.4) is 0 Å². The van der Waals surface area contributed by atoms with Crippen molar-refractivity contribution < 1.29 is 9.90 Å². The van der Waals surface area contributed by atoms with Gasteiger partial charge in [-0.05, 0) is 25.0 Å². The molecule has 4 nitrogen and oxygen atoms in total. The standard InChI is InChI=1S/C13H19ClN2O2/c1-3-13(2,9-17)16-12(18)15-8-10-6-4-5-7-11(10)14/h4-7,17H,3,8-9H2,1-2H3,(H2,15,16,18). The van der Waals surface area contributed by atoms with Crippen LogP contribution in [0.4, 0.5) is 4.79 Å². The number of benzene rings is 1. The number of hydrogen-bond donors (Lipinski definition) is 3. The van der Waals surface area contributed by atoms with Crippen LogP contribution in [0.1, 0.15) is 25.8 Å². The zero-order valence-corrected chi connectivity index (χ0v) is 11.4. The fourth-order valence-corrected chi connectivity index (χ4v) is 1.58. The van der Waals surface area contributed by atoms with E-state index < -0.39 is 5.54 Å². The third-order valence-corrected chi connectivity index (χ3v) is 3.31. The van der Waals surface area contributed by atoms with Crippen LogP contribution in [0.5, 0.6) is 0 Å². The van der Waals surface area contributed by atoms with Crippen LogP contribution < -0.4 is 10.6 Å². The molecule has 2 amide bonds. The lowest BCUT2D eigenvalue weighted by atomic mass is 10.0. The maximum Gasteiger partial charge on any atom is 0.315 e. The van der Waals surface area contributed by atoms with E-state index in [1.54, 1.807) is 13.0 Å². The second kappa shape index (κ2) is 6.61. The predicted octanol–water partition coefficient (Wildman–Crippen LogP) is 2.30. The fraction of sp³-hybridized carbons (Fsp3) is 0.462. The van der Waals surface area contributed by atoms with Crippen molar-refractivity contribution in [3.8, 4) is 0 Å². The molecule has 1 unspecified atom stereocenters. The highest BCUT2D eigenvalue weighted by Gasteiger charge is 2.22. The summed E-state index contributed by atoms with van der Waals surface area (Å²) in [6.07, 6.45) is 0.656. The molecule has 0 radical (unpaired) electrons. The first kappa shape index (κ1) is 14.8. The van der Waals surface area contributed by atoms with Gasteiger partial charge in [0.25, 0.3) is 0 Å². The van der Waals surface area contributed by atoms with E-state index in [1.165, 1.54) is 0 Å². The summed E-state index contributed by atoms with van der Waals surface area (Å²) < 4.78 is 0. The van der Waals surface area contributed by atoms with Crippen LogP contribution in [-0.2, 0) is 6.54 Å². The SMILES string of the molecule is CCC(C)(CO)NC(=O)NCc1ccccc1Cl. The Bertz CT molecular complexity index is 406. The third kappa shape index (κ3) is 4.20. The molecule has 1 aromatic carbocycles. The summed E-state index contributed by atoms with van der Waals surface area (Å²) in [7, 11) is 0. The van der Waals surface area contributed by atoms with Crippen molar-refractivity contribution >= 4 is 17.6 Å². The number of nitrogens with one attached hydrogen (secondary N) is 2. The van der Waals surface area contributed by atoms with Crippen molar-refractivity contribution in [3.63, 3.8) is 0 Å². The topological polar surface area (TPSA) is 61.4 Å². The molecular formula is C13H19ClN2O2. The Labute approximate surface area is 112 Å². The van der Waals surface area contributed by atoms with Gasteiger partial charge in [0.2, 0.25) is 0 Å². The summed E-state index contributed by atoms with van der Waals surface area (Å²) in [6.45, 7) is 3.96. The summed E-state index contributed by atoms with van der Waals surface area (Å²) in [5.74, 6) is 0. The molecule has 0 aromatic heterocycles. The van der Waals surface area contributed by atoms with Gasteiger partial charge in [0.05, 0.1) is 12.1 Å². The number of urea groups is 1. The van der Waals surface area contributed by atoms with Crippen molar-refractivity contribution in [1.29, 1.82) is 0 Å². The van der Waals surface area contributed by atoms with E-state index in [9.17, 15) is 9.90 Å². The average molecular weight is 271 g/mol. The molecule has 0 bridgehead atoms. The third-order valence-electron chi connectivity index (χ3n) is 2.94. The van der Waals surface area contributed by atoms with Gasteiger partial charge in [-0.2, -0.15) is 0 Å². The minimum atomic E-state index is -0.593. The highest BCUT2D eigenvalue weighted by molar-refractivity contribution is 6.31. The minimum absolute atomic E-state index is 0.0942. The molecule has 5 heteroatoms. The maximum absolute atomic E-state index is 11.7. The Morgan fingerprint density at radius 2 is 2.11 bits per heavy atom. The van der Waals surface area contributed by atoms with Crippen LogP contribution in [-0.4, -0.2) is 23.3 Å². The first-order chi connectivity index (χ1) is 8.50. The number of carbonyl (C=O) groups is 1. The van der Waals surface area contributed by atoms with Crippen LogP contribution >= 0.6 is 11.6 Å². The average Bonchev–Trinajstić information content (AvgIpc) is 2.37. The summed E-state index contributed by atoms with van der Waals surface area (Å²) in [6, 6.07) is 7.03. The Morgan fingerprint density at radius 1 is 1.44 bits per heavy atom. The molecule has 3 N–H and O–H groups in total. The number of hydrogen-bond acceptors (Lipinski definition) is 2. The van der Waals surface area contributed by atoms with Crippen molar-refractivity contribution in [3.05, 3.63) is 34.9 Å². The molecular weight excluding hydrogens is 252 g/mol. The van der Waals surface area contributed by atoms with Crippen LogP contribution in [0.15, 0.2) is 24.3 Å². The smallest absolute Gasteiger partial charge is 0.315 e. The van der Waals surface area contributed by atoms with E-state index in [-0.39, 0.29) is 12.6 Å². The molecule has 100 valence electrons. The first-order valence-electron chi connectivity index (χ1n) is 5.91. The monoisotopic (exact) mass is 270 g/mol. The number of carbonyl (C=O) groups excluding carboxylic acids is 1. The lowest BCUT2D eigenvalue weighted by Crippen LogP contribution is -2.52. The zero-order valence-electron chi connectivity index (χ0n) is 10.7. The van der Waals surface area contributed by atoms with Crippen LogP contribution in [0, 0.1) is 0 Å².